The van der Waals surface area contributed by atoms with Gasteiger partial charge >= 0.3 is 0 Å². The largest absolute Gasteiger partial charge is 0.391 e. The molecular formula is C13H21NO4S. The van der Waals surface area contributed by atoms with E-state index in [-0.39, 0.29) is 6.10 Å². The molecule has 1 aliphatic heterocycles. The molecule has 0 aromatic heterocycles. The Labute approximate surface area is 114 Å². The van der Waals surface area contributed by atoms with Crippen LogP contribution in [0.4, 0.5) is 0 Å². The van der Waals surface area contributed by atoms with Crippen molar-refractivity contribution in [1.82, 2.24) is 4.90 Å². The molecule has 2 rings (SSSR count). The summed E-state index contributed by atoms with van der Waals surface area (Å²) in [6.07, 6.45) is 0.575. The smallest absolute Gasteiger partial charge is 0.261 e. The second-order valence-corrected chi connectivity index (χ2v) is 6.42. The zero-order valence-electron chi connectivity index (χ0n) is 11.2. The van der Waals surface area contributed by atoms with Crippen molar-refractivity contribution in [3.63, 3.8) is 0 Å². The van der Waals surface area contributed by atoms with Crippen LogP contribution in [-0.2, 0) is 16.7 Å². The highest BCUT2D eigenvalue weighted by atomic mass is 32.2. The Hall–Kier alpha value is -0.950. The second kappa shape index (κ2) is 7.00. The summed E-state index contributed by atoms with van der Waals surface area (Å²) in [6, 6.07) is 10.4. The molecule has 1 fully saturated rings. The predicted octanol–water partition coefficient (Wildman–Crippen LogP) is 1.00. The van der Waals surface area contributed by atoms with E-state index >= 15 is 0 Å². The van der Waals surface area contributed by atoms with Crippen LogP contribution < -0.4 is 0 Å². The Bertz CT molecular complexity index is 457. The summed E-state index contributed by atoms with van der Waals surface area (Å²) in [5, 5.41) is 9.60. The predicted molar refractivity (Wildman–Crippen MR) is 74.4 cm³/mol. The second-order valence-electron chi connectivity index (χ2n) is 4.96. The molecule has 0 amide bonds. The third kappa shape index (κ3) is 7.27. The molecule has 0 bridgehead atoms. The number of likely N-dealkylation sites (tertiary alicyclic amines) is 1. The Morgan fingerprint density at radius 3 is 2.21 bits per heavy atom. The van der Waals surface area contributed by atoms with Crippen LogP contribution in [0, 0.1) is 5.92 Å². The molecule has 2 unspecified atom stereocenters. The lowest BCUT2D eigenvalue weighted by Crippen LogP contribution is -2.21. The normalized spacial score (nSPS) is 23.8. The molecule has 1 aromatic rings. The number of hydrogen-bond donors (Lipinski definition) is 2. The van der Waals surface area contributed by atoms with Crippen LogP contribution in [0.3, 0.4) is 0 Å². The fraction of sp³-hybridized carbons (Fsp3) is 0.538. The maximum atomic E-state index is 9.60. The summed E-state index contributed by atoms with van der Waals surface area (Å²) in [5.41, 5.74) is 1.33. The summed E-state index contributed by atoms with van der Waals surface area (Å²) in [5.74, 6) is 0.415. The number of rotatable bonds is 2. The number of β-amino-alcohol motifs (C(OH)–C–C–N with tert-alkyl or cyclic N) is 1. The number of aliphatic hydroxyl groups excluding tert-OH is 1. The van der Waals surface area contributed by atoms with E-state index < -0.39 is 10.1 Å². The van der Waals surface area contributed by atoms with Crippen LogP contribution in [0.25, 0.3) is 0 Å². The molecule has 0 saturated carbocycles. The Balaban J connectivity index is 0.000000312. The molecular weight excluding hydrogens is 266 g/mol. The molecule has 6 heteroatoms. The topological polar surface area (TPSA) is 77.8 Å². The van der Waals surface area contributed by atoms with Gasteiger partial charge in [0.2, 0.25) is 0 Å². The van der Waals surface area contributed by atoms with Crippen LogP contribution in [0.2, 0.25) is 0 Å². The third-order valence-corrected chi connectivity index (χ3v) is 2.90. The fourth-order valence-electron chi connectivity index (χ4n) is 2.02. The third-order valence-electron chi connectivity index (χ3n) is 2.90. The average Bonchev–Trinajstić information content (AvgIpc) is 2.57. The van der Waals surface area contributed by atoms with Gasteiger partial charge in [0, 0.05) is 19.6 Å². The van der Waals surface area contributed by atoms with Crippen molar-refractivity contribution in [2.24, 2.45) is 5.92 Å². The quantitative estimate of drug-likeness (QED) is 0.794. The zero-order valence-corrected chi connectivity index (χ0v) is 12.0. The highest BCUT2D eigenvalue weighted by Gasteiger charge is 2.27. The maximum absolute atomic E-state index is 9.60. The number of aliphatic hydroxyl groups is 1. The standard InChI is InChI=1S/C12H17NO.CH4O3S/c1-10-7-13(9-12(10)14)8-11-5-3-2-4-6-11;1-5(2,3)4/h2-6,10,12,14H,7-9H2,1H3;1H3,(H,2,3,4). The van der Waals surface area contributed by atoms with Gasteiger partial charge in [-0.25, -0.2) is 0 Å². The van der Waals surface area contributed by atoms with E-state index in [0.29, 0.717) is 12.2 Å². The first kappa shape index (κ1) is 16.1. The molecule has 5 nitrogen and oxygen atoms in total. The Kier molecular flexibility index (Phi) is 5.93. The van der Waals surface area contributed by atoms with Gasteiger partial charge in [-0.3, -0.25) is 9.45 Å². The van der Waals surface area contributed by atoms with Crippen LogP contribution in [0.15, 0.2) is 30.3 Å². The maximum Gasteiger partial charge on any atom is 0.261 e. The van der Waals surface area contributed by atoms with E-state index in [1.165, 1.54) is 5.56 Å². The molecule has 0 spiro atoms. The first-order chi connectivity index (χ1) is 8.75. The van der Waals surface area contributed by atoms with E-state index in [0.717, 1.165) is 19.6 Å². The molecule has 1 heterocycles. The SMILES string of the molecule is CC1CN(Cc2ccccc2)CC1O.CS(=O)(=O)O. The van der Waals surface area contributed by atoms with E-state index in [2.05, 4.69) is 36.1 Å². The van der Waals surface area contributed by atoms with Crippen molar-refractivity contribution in [2.45, 2.75) is 19.6 Å². The first-order valence-corrected chi connectivity index (χ1v) is 7.97. The molecule has 1 aliphatic rings. The van der Waals surface area contributed by atoms with E-state index in [1.54, 1.807) is 0 Å². The minimum absolute atomic E-state index is 0.140. The summed E-state index contributed by atoms with van der Waals surface area (Å²) in [6.45, 7) is 4.89. The van der Waals surface area contributed by atoms with Crippen LogP contribution >= 0.6 is 0 Å². The summed E-state index contributed by atoms with van der Waals surface area (Å²) < 4.78 is 25.9. The molecule has 0 aliphatic carbocycles. The van der Waals surface area contributed by atoms with Gasteiger partial charge in [-0.1, -0.05) is 37.3 Å². The highest BCUT2D eigenvalue weighted by molar-refractivity contribution is 7.85. The Morgan fingerprint density at radius 2 is 1.79 bits per heavy atom. The van der Waals surface area contributed by atoms with E-state index in [4.69, 9.17) is 4.55 Å². The van der Waals surface area contributed by atoms with E-state index in [9.17, 15) is 13.5 Å². The molecule has 19 heavy (non-hydrogen) atoms. The van der Waals surface area contributed by atoms with Gasteiger partial charge in [0.05, 0.1) is 12.4 Å². The highest BCUT2D eigenvalue weighted by Crippen LogP contribution is 2.18. The van der Waals surface area contributed by atoms with Gasteiger partial charge in [-0.05, 0) is 11.5 Å². The number of benzene rings is 1. The summed E-state index contributed by atoms with van der Waals surface area (Å²) in [7, 11) is -3.67. The van der Waals surface area contributed by atoms with E-state index in [1.807, 2.05) is 6.07 Å². The van der Waals surface area contributed by atoms with Crippen LogP contribution in [0.5, 0.6) is 0 Å². The van der Waals surface area contributed by atoms with Gasteiger partial charge in [0.1, 0.15) is 0 Å². The Morgan fingerprint density at radius 1 is 1.26 bits per heavy atom. The molecule has 2 N–H and O–H groups in total. The first-order valence-electron chi connectivity index (χ1n) is 6.12. The summed E-state index contributed by atoms with van der Waals surface area (Å²) in [4.78, 5) is 2.31. The minimum Gasteiger partial charge on any atom is -0.391 e. The summed E-state index contributed by atoms with van der Waals surface area (Å²) >= 11 is 0. The lowest BCUT2D eigenvalue weighted by Gasteiger charge is -2.14. The van der Waals surface area contributed by atoms with Crippen LogP contribution in [-0.4, -0.2) is 48.4 Å². The molecule has 1 saturated heterocycles. The molecule has 0 radical (unpaired) electrons. The fourth-order valence-corrected chi connectivity index (χ4v) is 2.02. The van der Waals surface area contributed by atoms with Crippen molar-refractivity contribution in [2.75, 3.05) is 19.3 Å². The van der Waals surface area contributed by atoms with Crippen molar-refractivity contribution in [3.05, 3.63) is 35.9 Å². The van der Waals surface area contributed by atoms with Gasteiger partial charge in [0.25, 0.3) is 10.1 Å². The molecule has 2 atom stereocenters. The minimum atomic E-state index is -3.67. The van der Waals surface area contributed by atoms with Crippen molar-refractivity contribution >= 4 is 10.1 Å². The van der Waals surface area contributed by atoms with Crippen molar-refractivity contribution in [3.8, 4) is 0 Å². The average molecular weight is 287 g/mol. The lowest BCUT2D eigenvalue weighted by molar-refractivity contribution is 0.147. The number of hydrogen-bond acceptors (Lipinski definition) is 4. The van der Waals surface area contributed by atoms with Gasteiger partial charge in [-0.2, -0.15) is 8.42 Å². The number of nitrogens with zero attached hydrogens (tertiary/aromatic N) is 1. The van der Waals surface area contributed by atoms with Crippen LogP contribution in [0.1, 0.15) is 12.5 Å². The van der Waals surface area contributed by atoms with Gasteiger partial charge < -0.3 is 5.11 Å². The molecule has 108 valence electrons. The van der Waals surface area contributed by atoms with Gasteiger partial charge in [0.15, 0.2) is 0 Å². The van der Waals surface area contributed by atoms with Crippen molar-refractivity contribution in [1.29, 1.82) is 0 Å². The lowest BCUT2D eigenvalue weighted by atomic mass is 10.1. The van der Waals surface area contributed by atoms with Crippen molar-refractivity contribution < 1.29 is 18.1 Å². The van der Waals surface area contributed by atoms with Gasteiger partial charge in [-0.15, -0.1) is 0 Å². The zero-order chi connectivity index (χ0) is 14.5. The monoisotopic (exact) mass is 287 g/mol. The molecule has 1 aromatic carbocycles.